The minimum Gasteiger partial charge on any atom is -0.395 e. The van der Waals surface area contributed by atoms with E-state index in [9.17, 15) is 5.11 Å². The molecule has 0 saturated carbocycles. The van der Waals surface area contributed by atoms with Gasteiger partial charge >= 0.3 is 0 Å². The molecule has 3 heteroatoms. The van der Waals surface area contributed by atoms with Gasteiger partial charge in [-0.05, 0) is 36.8 Å². The maximum atomic E-state index is 9.55. The number of nitrogens with zero attached hydrogens (tertiary/aromatic N) is 2. The second kappa shape index (κ2) is 5.61. The maximum Gasteiger partial charge on any atom is 0.0600 e. The predicted molar refractivity (Wildman–Crippen MR) is 76.7 cm³/mol. The Bertz CT molecular complexity index is 435. The van der Waals surface area contributed by atoms with E-state index in [2.05, 4.69) is 41.2 Å². The van der Waals surface area contributed by atoms with Gasteiger partial charge in [0, 0.05) is 25.2 Å². The summed E-state index contributed by atoms with van der Waals surface area (Å²) in [6, 6.07) is 9.66. The number of fused-ring (bicyclic) bond motifs is 1. The SMILES string of the molecule is CC[C@H]1c2ccccc2CCN1N1CCC[C@H]1CO. The molecule has 3 nitrogen and oxygen atoms in total. The van der Waals surface area contributed by atoms with Gasteiger partial charge in [-0.25, -0.2) is 10.0 Å². The Labute approximate surface area is 115 Å². The van der Waals surface area contributed by atoms with E-state index < -0.39 is 0 Å². The van der Waals surface area contributed by atoms with Crippen molar-refractivity contribution in [2.75, 3.05) is 19.7 Å². The summed E-state index contributed by atoms with van der Waals surface area (Å²) in [5.74, 6) is 0. The number of benzene rings is 1. The van der Waals surface area contributed by atoms with E-state index in [0.29, 0.717) is 12.1 Å². The summed E-state index contributed by atoms with van der Waals surface area (Å²) >= 11 is 0. The van der Waals surface area contributed by atoms with Crippen LogP contribution in [0.5, 0.6) is 0 Å². The van der Waals surface area contributed by atoms with E-state index in [1.54, 1.807) is 0 Å². The predicted octanol–water partition coefficient (Wildman–Crippen LogP) is 2.37. The van der Waals surface area contributed by atoms with Crippen molar-refractivity contribution in [2.45, 2.75) is 44.7 Å². The molecule has 1 fully saturated rings. The number of aliphatic hydroxyl groups is 1. The van der Waals surface area contributed by atoms with Gasteiger partial charge in [-0.15, -0.1) is 0 Å². The molecule has 0 bridgehead atoms. The highest BCUT2D eigenvalue weighted by Gasteiger charge is 2.35. The zero-order chi connectivity index (χ0) is 13.2. The third kappa shape index (κ3) is 2.31. The smallest absolute Gasteiger partial charge is 0.0600 e. The van der Waals surface area contributed by atoms with Crippen LogP contribution in [0.25, 0.3) is 0 Å². The molecule has 2 atom stereocenters. The van der Waals surface area contributed by atoms with Gasteiger partial charge in [-0.3, -0.25) is 0 Å². The van der Waals surface area contributed by atoms with Crippen molar-refractivity contribution in [3.05, 3.63) is 35.4 Å². The highest BCUT2D eigenvalue weighted by Crippen LogP contribution is 2.35. The fourth-order valence-electron chi connectivity index (χ4n) is 3.72. The normalized spacial score (nSPS) is 28.5. The highest BCUT2D eigenvalue weighted by molar-refractivity contribution is 5.32. The van der Waals surface area contributed by atoms with Crippen LogP contribution in [0.2, 0.25) is 0 Å². The molecular formula is C16H24N2O. The topological polar surface area (TPSA) is 26.7 Å². The molecule has 0 aromatic heterocycles. The summed E-state index contributed by atoms with van der Waals surface area (Å²) in [6.45, 7) is 4.74. The first-order chi connectivity index (χ1) is 9.35. The Morgan fingerprint density at radius 2 is 2.05 bits per heavy atom. The largest absolute Gasteiger partial charge is 0.395 e. The molecule has 0 amide bonds. The van der Waals surface area contributed by atoms with Gasteiger partial charge in [-0.1, -0.05) is 31.2 Å². The monoisotopic (exact) mass is 260 g/mol. The van der Waals surface area contributed by atoms with Crippen LogP contribution in [0.4, 0.5) is 0 Å². The molecule has 104 valence electrons. The van der Waals surface area contributed by atoms with Crippen LogP contribution in [-0.2, 0) is 6.42 Å². The lowest BCUT2D eigenvalue weighted by atomic mass is 9.92. The van der Waals surface area contributed by atoms with Gasteiger partial charge in [-0.2, -0.15) is 0 Å². The van der Waals surface area contributed by atoms with E-state index in [-0.39, 0.29) is 6.61 Å². The molecule has 2 aliphatic rings. The zero-order valence-electron chi connectivity index (χ0n) is 11.8. The third-order valence-corrected chi connectivity index (χ3v) is 4.66. The Balaban J connectivity index is 1.87. The lowest BCUT2D eigenvalue weighted by Crippen LogP contribution is -2.51. The third-order valence-electron chi connectivity index (χ3n) is 4.66. The summed E-state index contributed by atoms with van der Waals surface area (Å²) in [5, 5.41) is 14.5. The number of hydrogen-bond acceptors (Lipinski definition) is 3. The average molecular weight is 260 g/mol. The van der Waals surface area contributed by atoms with Crippen molar-refractivity contribution in [3.8, 4) is 0 Å². The second-order valence-electron chi connectivity index (χ2n) is 5.68. The molecule has 1 saturated heterocycles. The number of hydrazine groups is 1. The van der Waals surface area contributed by atoms with E-state index in [1.807, 2.05) is 0 Å². The maximum absolute atomic E-state index is 9.55. The number of aliphatic hydroxyl groups excluding tert-OH is 1. The zero-order valence-corrected chi connectivity index (χ0v) is 11.8. The first-order valence-corrected chi connectivity index (χ1v) is 7.57. The lowest BCUT2D eigenvalue weighted by molar-refractivity contribution is -0.0887. The fraction of sp³-hybridized carbons (Fsp3) is 0.625. The van der Waals surface area contributed by atoms with Crippen LogP contribution in [-0.4, -0.2) is 40.9 Å². The van der Waals surface area contributed by atoms with Gasteiger partial charge < -0.3 is 5.11 Å². The molecule has 0 aliphatic carbocycles. The van der Waals surface area contributed by atoms with Crippen LogP contribution in [0.3, 0.4) is 0 Å². The lowest BCUT2D eigenvalue weighted by Gasteiger charge is -2.44. The molecule has 2 aliphatic heterocycles. The molecule has 1 aromatic carbocycles. The quantitative estimate of drug-likeness (QED) is 0.904. The first-order valence-electron chi connectivity index (χ1n) is 7.57. The summed E-state index contributed by atoms with van der Waals surface area (Å²) in [7, 11) is 0. The van der Waals surface area contributed by atoms with E-state index in [0.717, 1.165) is 32.4 Å². The highest BCUT2D eigenvalue weighted by atomic mass is 16.3. The van der Waals surface area contributed by atoms with Crippen LogP contribution in [0.15, 0.2) is 24.3 Å². The molecule has 0 spiro atoms. The summed E-state index contributed by atoms with van der Waals surface area (Å²) in [6.07, 6.45) is 4.60. The van der Waals surface area contributed by atoms with Gasteiger partial charge in [0.05, 0.1) is 6.61 Å². The van der Waals surface area contributed by atoms with E-state index in [4.69, 9.17) is 0 Å². The molecule has 0 unspecified atom stereocenters. The van der Waals surface area contributed by atoms with Crippen LogP contribution in [0.1, 0.15) is 43.4 Å². The summed E-state index contributed by atoms with van der Waals surface area (Å²) < 4.78 is 0. The molecule has 1 aromatic rings. The van der Waals surface area contributed by atoms with Gasteiger partial charge in [0.1, 0.15) is 0 Å². The Kier molecular flexibility index (Phi) is 3.87. The average Bonchev–Trinajstić information content (AvgIpc) is 2.94. The van der Waals surface area contributed by atoms with Crippen molar-refractivity contribution >= 4 is 0 Å². The Morgan fingerprint density at radius 1 is 1.21 bits per heavy atom. The van der Waals surface area contributed by atoms with Crippen molar-refractivity contribution in [1.29, 1.82) is 0 Å². The molecule has 2 heterocycles. The molecule has 1 N–H and O–H groups in total. The van der Waals surface area contributed by atoms with Crippen LogP contribution >= 0.6 is 0 Å². The van der Waals surface area contributed by atoms with Crippen LogP contribution in [0, 0.1) is 0 Å². The summed E-state index contributed by atoms with van der Waals surface area (Å²) in [4.78, 5) is 0. The second-order valence-corrected chi connectivity index (χ2v) is 5.68. The van der Waals surface area contributed by atoms with Crippen molar-refractivity contribution in [1.82, 2.24) is 10.0 Å². The van der Waals surface area contributed by atoms with Crippen molar-refractivity contribution in [3.63, 3.8) is 0 Å². The fourth-order valence-corrected chi connectivity index (χ4v) is 3.72. The number of rotatable bonds is 3. The standard InChI is InChI=1S/C16H24N2O/c1-2-16-15-8-4-3-6-13(15)9-11-18(16)17-10-5-7-14(17)12-19/h3-4,6,8,14,16,19H,2,5,7,9-12H2,1H3/t14-,16-/m0/s1. The minimum absolute atomic E-state index is 0.286. The van der Waals surface area contributed by atoms with Crippen molar-refractivity contribution in [2.24, 2.45) is 0 Å². The van der Waals surface area contributed by atoms with Crippen LogP contribution < -0.4 is 0 Å². The molecule has 0 radical (unpaired) electrons. The Morgan fingerprint density at radius 3 is 2.84 bits per heavy atom. The van der Waals surface area contributed by atoms with Crippen molar-refractivity contribution < 1.29 is 5.11 Å². The van der Waals surface area contributed by atoms with Gasteiger partial charge in [0.15, 0.2) is 0 Å². The van der Waals surface area contributed by atoms with Gasteiger partial charge in [0.2, 0.25) is 0 Å². The number of hydrogen-bond donors (Lipinski definition) is 1. The Hall–Kier alpha value is -0.900. The summed E-state index contributed by atoms with van der Waals surface area (Å²) in [5.41, 5.74) is 2.99. The molecule has 3 rings (SSSR count). The van der Waals surface area contributed by atoms with E-state index >= 15 is 0 Å². The molecular weight excluding hydrogens is 236 g/mol. The van der Waals surface area contributed by atoms with E-state index in [1.165, 1.54) is 17.5 Å². The minimum atomic E-state index is 0.286. The first kappa shape index (κ1) is 13.1. The van der Waals surface area contributed by atoms with Gasteiger partial charge in [0.25, 0.3) is 0 Å². The molecule has 19 heavy (non-hydrogen) atoms.